The third-order valence-electron chi connectivity index (χ3n) is 1.78. The minimum absolute atomic E-state index is 0.755. The molecule has 0 aromatic heterocycles. The average molecular weight is 126 g/mol. The monoisotopic (exact) mass is 126 g/mol. The summed E-state index contributed by atoms with van der Waals surface area (Å²) in [5.41, 5.74) is 0. The van der Waals surface area contributed by atoms with Gasteiger partial charge in [-0.1, -0.05) is 13.8 Å². The molecule has 53 valence electrons. The standard InChI is InChI=1S/C8H16N/c1-8(2)4-7-9-5-3-6-9/h4,8H,3,5-7H2,1-2H3. The van der Waals surface area contributed by atoms with Crippen LogP contribution in [0.3, 0.4) is 0 Å². The molecule has 0 amide bonds. The molecule has 1 saturated heterocycles. The van der Waals surface area contributed by atoms with Gasteiger partial charge in [0, 0.05) is 6.54 Å². The first-order chi connectivity index (χ1) is 4.29. The highest BCUT2D eigenvalue weighted by Gasteiger charge is 2.12. The lowest BCUT2D eigenvalue weighted by Gasteiger charge is -2.30. The van der Waals surface area contributed by atoms with Crippen LogP contribution in [0.2, 0.25) is 0 Å². The van der Waals surface area contributed by atoms with Crippen LogP contribution >= 0.6 is 0 Å². The molecule has 0 aromatic carbocycles. The highest BCUT2D eigenvalue weighted by Crippen LogP contribution is 2.08. The van der Waals surface area contributed by atoms with E-state index in [1.54, 1.807) is 0 Å². The molecule has 1 aliphatic heterocycles. The van der Waals surface area contributed by atoms with Crippen molar-refractivity contribution in [3.63, 3.8) is 0 Å². The SMILES string of the molecule is CC(C)[CH]CN1CCC1. The summed E-state index contributed by atoms with van der Waals surface area (Å²) in [5, 5.41) is 0. The van der Waals surface area contributed by atoms with Crippen molar-refractivity contribution >= 4 is 0 Å². The first kappa shape index (κ1) is 7.07. The Bertz CT molecular complexity index is 74.6. The normalized spacial score (nSPS) is 20.3. The van der Waals surface area contributed by atoms with Crippen LogP contribution < -0.4 is 0 Å². The quantitative estimate of drug-likeness (QED) is 0.554. The molecule has 1 heterocycles. The number of rotatable bonds is 3. The molecule has 0 atom stereocenters. The van der Waals surface area contributed by atoms with Crippen LogP contribution in [-0.4, -0.2) is 24.5 Å². The van der Waals surface area contributed by atoms with E-state index in [1.165, 1.54) is 26.1 Å². The Labute approximate surface area is 58.0 Å². The summed E-state index contributed by atoms with van der Waals surface area (Å²) in [6, 6.07) is 0. The van der Waals surface area contributed by atoms with E-state index in [-0.39, 0.29) is 0 Å². The van der Waals surface area contributed by atoms with Crippen LogP contribution in [0, 0.1) is 12.3 Å². The van der Waals surface area contributed by atoms with E-state index in [2.05, 4.69) is 25.2 Å². The third-order valence-corrected chi connectivity index (χ3v) is 1.78. The summed E-state index contributed by atoms with van der Waals surface area (Å²) in [4.78, 5) is 2.47. The minimum atomic E-state index is 0.755. The zero-order valence-corrected chi connectivity index (χ0v) is 6.43. The highest BCUT2D eigenvalue weighted by atomic mass is 15.2. The molecule has 1 radical (unpaired) electrons. The van der Waals surface area contributed by atoms with E-state index in [0.717, 1.165) is 5.92 Å². The smallest absolute Gasteiger partial charge is 0.00153 e. The highest BCUT2D eigenvalue weighted by molar-refractivity contribution is 4.78. The van der Waals surface area contributed by atoms with Crippen molar-refractivity contribution in [2.45, 2.75) is 20.3 Å². The molecule has 1 fully saturated rings. The van der Waals surface area contributed by atoms with Crippen LogP contribution in [0.25, 0.3) is 0 Å². The maximum atomic E-state index is 2.47. The Morgan fingerprint density at radius 3 is 2.44 bits per heavy atom. The predicted octanol–water partition coefficient (Wildman–Crippen LogP) is 1.55. The molecule has 1 rings (SSSR count). The molecule has 0 spiro atoms. The second kappa shape index (κ2) is 3.21. The van der Waals surface area contributed by atoms with E-state index in [0.29, 0.717) is 0 Å². The summed E-state index contributed by atoms with van der Waals surface area (Å²) in [6.45, 7) is 8.32. The van der Waals surface area contributed by atoms with Crippen LogP contribution in [0.1, 0.15) is 20.3 Å². The van der Waals surface area contributed by atoms with Crippen molar-refractivity contribution in [2.75, 3.05) is 19.6 Å². The second-order valence-electron chi connectivity index (χ2n) is 3.13. The van der Waals surface area contributed by atoms with Gasteiger partial charge in [0.15, 0.2) is 0 Å². The molecule has 0 bridgehead atoms. The largest absolute Gasteiger partial charge is 0.303 e. The Kier molecular flexibility index (Phi) is 2.52. The fraction of sp³-hybridized carbons (Fsp3) is 0.875. The Morgan fingerprint density at radius 2 is 2.11 bits per heavy atom. The fourth-order valence-corrected chi connectivity index (χ4v) is 0.924. The summed E-state index contributed by atoms with van der Waals surface area (Å²) in [6.07, 6.45) is 3.78. The Balaban J connectivity index is 1.91. The van der Waals surface area contributed by atoms with Gasteiger partial charge >= 0.3 is 0 Å². The molecule has 0 aliphatic carbocycles. The maximum absolute atomic E-state index is 2.47. The minimum Gasteiger partial charge on any atom is -0.303 e. The lowest BCUT2D eigenvalue weighted by atomic mass is 10.1. The van der Waals surface area contributed by atoms with Crippen LogP contribution in [-0.2, 0) is 0 Å². The zero-order valence-electron chi connectivity index (χ0n) is 6.43. The first-order valence-electron chi connectivity index (χ1n) is 3.84. The van der Waals surface area contributed by atoms with E-state index < -0.39 is 0 Å². The Hall–Kier alpha value is -0.0400. The van der Waals surface area contributed by atoms with Gasteiger partial charge in [0.2, 0.25) is 0 Å². The van der Waals surface area contributed by atoms with E-state index in [4.69, 9.17) is 0 Å². The first-order valence-corrected chi connectivity index (χ1v) is 3.84. The van der Waals surface area contributed by atoms with Gasteiger partial charge < -0.3 is 4.90 Å². The topological polar surface area (TPSA) is 3.24 Å². The number of hydrogen-bond donors (Lipinski definition) is 0. The molecule has 1 nitrogen and oxygen atoms in total. The summed E-state index contributed by atoms with van der Waals surface area (Å²) < 4.78 is 0. The van der Waals surface area contributed by atoms with Crippen molar-refractivity contribution in [1.82, 2.24) is 4.90 Å². The van der Waals surface area contributed by atoms with Crippen molar-refractivity contribution in [3.05, 3.63) is 6.42 Å². The number of likely N-dealkylation sites (tertiary alicyclic amines) is 1. The van der Waals surface area contributed by atoms with E-state index in [9.17, 15) is 0 Å². The molecular weight excluding hydrogens is 110 g/mol. The average Bonchev–Trinajstić information content (AvgIpc) is 1.60. The molecule has 1 aliphatic rings. The second-order valence-corrected chi connectivity index (χ2v) is 3.13. The van der Waals surface area contributed by atoms with Gasteiger partial charge in [-0.05, 0) is 31.8 Å². The molecule has 9 heavy (non-hydrogen) atoms. The molecule has 0 unspecified atom stereocenters. The predicted molar refractivity (Wildman–Crippen MR) is 40.2 cm³/mol. The molecule has 1 heteroatoms. The van der Waals surface area contributed by atoms with Crippen LogP contribution in [0.4, 0.5) is 0 Å². The lowest BCUT2D eigenvalue weighted by molar-refractivity contribution is 0.192. The maximum Gasteiger partial charge on any atom is 0.00153 e. The molecule has 0 saturated carbocycles. The van der Waals surface area contributed by atoms with Crippen LogP contribution in [0.5, 0.6) is 0 Å². The van der Waals surface area contributed by atoms with Crippen molar-refractivity contribution < 1.29 is 0 Å². The van der Waals surface area contributed by atoms with Gasteiger partial charge in [-0.3, -0.25) is 0 Å². The summed E-state index contributed by atoms with van der Waals surface area (Å²) in [7, 11) is 0. The van der Waals surface area contributed by atoms with Crippen molar-refractivity contribution in [1.29, 1.82) is 0 Å². The van der Waals surface area contributed by atoms with Gasteiger partial charge in [0.1, 0.15) is 0 Å². The fourth-order valence-electron chi connectivity index (χ4n) is 0.924. The molecule has 0 aromatic rings. The van der Waals surface area contributed by atoms with Crippen molar-refractivity contribution in [3.8, 4) is 0 Å². The van der Waals surface area contributed by atoms with Crippen LogP contribution in [0.15, 0.2) is 0 Å². The molecular formula is C8H16N. The van der Waals surface area contributed by atoms with E-state index in [1.807, 2.05) is 0 Å². The number of nitrogens with zero attached hydrogens (tertiary/aromatic N) is 1. The zero-order chi connectivity index (χ0) is 6.69. The van der Waals surface area contributed by atoms with E-state index >= 15 is 0 Å². The van der Waals surface area contributed by atoms with Gasteiger partial charge in [0.25, 0.3) is 0 Å². The van der Waals surface area contributed by atoms with Gasteiger partial charge in [-0.15, -0.1) is 0 Å². The molecule has 0 N–H and O–H groups in total. The van der Waals surface area contributed by atoms with Gasteiger partial charge in [0.05, 0.1) is 0 Å². The van der Waals surface area contributed by atoms with Gasteiger partial charge in [-0.2, -0.15) is 0 Å². The summed E-state index contributed by atoms with van der Waals surface area (Å²) >= 11 is 0. The summed E-state index contributed by atoms with van der Waals surface area (Å²) in [5.74, 6) is 0.755. The van der Waals surface area contributed by atoms with Crippen molar-refractivity contribution in [2.24, 2.45) is 5.92 Å². The third kappa shape index (κ3) is 2.35. The Morgan fingerprint density at radius 1 is 1.44 bits per heavy atom. The van der Waals surface area contributed by atoms with Gasteiger partial charge in [-0.25, -0.2) is 0 Å². The number of hydrogen-bond acceptors (Lipinski definition) is 1. The lowest BCUT2D eigenvalue weighted by Crippen LogP contribution is -2.38.